The van der Waals surface area contributed by atoms with Crippen molar-refractivity contribution in [1.82, 2.24) is 5.32 Å². The molecule has 0 aliphatic heterocycles. The van der Waals surface area contributed by atoms with Crippen LogP contribution in [0.3, 0.4) is 0 Å². The van der Waals surface area contributed by atoms with Crippen LogP contribution in [0.25, 0.3) is 0 Å². The molecule has 0 spiro atoms. The topological polar surface area (TPSA) is 64.6 Å². The van der Waals surface area contributed by atoms with Gasteiger partial charge in [0.1, 0.15) is 0 Å². The Morgan fingerprint density at radius 3 is 2.17 bits per heavy atom. The third kappa shape index (κ3) is 7.28. The Morgan fingerprint density at radius 2 is 1.65 bits per heavy atom. The van der Waals surface area contributed by atoms with Gasteiger partial charge in [0.05, 0.1) is 18.3 Å². The molecule has 0 unspecified atom stereocenters. The first-order valence-electron chi connectivity index (χ1n) is 7.96. The monoisotopic (exact) mass is 321 g/mol. The van der Waals surface area contributed by atoms with E-state index in [-0.39, 0.29) is 24.7 Å². The molecule has 5 nitrogen and oxygen atoms in total. The number of carbonyl (C=O) groups is 2. The van der Waals surface area contributed by atoms with Crippen molar-refractivity contribution in [3.8, 4) is 0 Å². The lowest BCUT2D eigenvalue weighted by molar-refractivity contribution is -0.125. The smallest absolute Gasteiger partial charge is 0.338 e. The molecule has 1 rings (SSSR count). The second-order valence-electron chi connectivity index (χ2n) is 6.23. The molecule has 23 heavy (non-hydrogen) atoms. The molecule has 0 fully saturated rings. The van der Waals surface area contributed by atoms with Crippen molar-refractivity contribution in [2.75, 3.05) is 6.61 Å². The van der Waals surface area contributed by atoms with E-state index in [1.165, 1.54) is 0 Å². The van der Waals surface area contributed by atoms with Crippen LogP contribution in [0.1, 0.15) is 50.5 Å². The van der Waals surface area contributed by atoms with Crippen molar-refractivity contribution < 1.29 is 19.1 Å². The molecule has 0 radical (unpaired) electrons. The zero-order chi connectivity index (χ0) is 17.4. The van der Waals surface area contributed by atoms with Crippen molar-refractivity contribution in [2.24, 2.45) is 5.92 Å². The Balaban J connectivity index is 2.44. The minimum Gasteiger partial charge on any atom is -0.452 e. The fourth-order valence-electron chi connectivity index (χ4n) is 1.68. The molecule has 0 heterocycles. The van der Waals surface area contributed by atoms with Gasteiger partial charge in [0.2, 0.25) is 0 Å². The van der Waals surface area contributed by atoms with E-state index in [0.717, 1.165) is 5.56 Å². The summed E-state index contributed by atoms with van der Waals surface area (Å²) in [6, 6.07) is 7.03. The fraction of sp³-hybridized carbons (Fsp3) is 0.556. The normalized spacial score (nSPS) is 12.3. The molecular weight excluding hydrogens is 294 g/mol. The summed E-state index contributed by atoms with van der Waals surface area (Å²) in [6.07, 6.45) is 0.159. The van der Waals surface area contributed by atoms with Gasteiger partial charge in [-0.15, -0.1) is 0 Å². The highest BCUT2D eigenvalue weighted by molar-refractivity contribution is 5.91. The molecule has 1 aromatic carbocycles. The van der Waals surface area contributed by atoms with Crippen molar-refractivity contribution >= 4 is 11.9 Å². The molecule has 0 aliphatic carbocycles. The summed E-state index contributed by atoms with van der Waals surface area (Å²) in [6.45, 7) is 10.1. The minimum absolute atomic E-state index is 0.0430. The van der Waals surface area contributed by atoms with Gasteiger partial charge in [-0.25, -0.2) is 4.79 Å². The van der Waals surface area contributed by atoms with Crippen LogP contribution < -0.4 is 5.32 Å². The first-order valence-corrected chi connectivity index (χ1v) is 7.96. The molecular formula is C18H27NO4. The SMILES string of the molecule is CC(C)OCc1ccc(C(=O)OCC(=O)N[C@@H](C)C(C)C)cc1. The quantitative estimate of drug-likeness (QED) is 0.748. The van der Waals surface area contributed by atoms with Crippen LogP contribution >= 0.6 is 0 Å². The van der Waals surface area contributed by atoms with Gasteiger partial charge < -0.3 is 14.8 Å². The van der Waals surface area contributed by atoms with Crippen molar-refractivity contribution in [1.29, 1.82) is 0 Å². The molecule has 0 saturated carbocycles. The summed E-state index contributed by atoms with van der Waals surface area (Å²) in [5.41, 5.74) is 1.40. The summed E-state index contributed by atoms with van der Waals surface area (Å²) >= 11 is 0. The minimum atomic E-state index is -0.506. The van der Waals surface area contributed by atoms with Gasteiger partial charge in [-0.2, -0.15) is 0 Å². The highest BCUT2D eigenvalue weighted by atomic mass is 16.5. The molecule has 1 amide bonds. The van der Waals surface area contributed by atoms with E-state index in [1.54, 1.807) is 12.1 Å². The van der Waals surface area contributed by atoms with E-state index in [1.807, 2.05) is 46.8 Å². The van der Waals surface area contributed by atoms with E-state index in [2.05, 4.69) is 5.32 Å². The molecule has 5 heteroatoms. The van der Waals surface area contributed by atoms with Crippen LogP contribution in [0.2, 0.25) is 0 Å². The molecule has 0 saturated heterocycles. The number of hydrogen-bond acceptors (Lipinski definition) is 4. The number of ether oxygens (including phenoxy) is 2. The number of nitrogens with one attached hydrogen (secondary N) is 1. The third-order valence-electron chi connectivity index (χ3n) is 3.50. The number of hydrogen-bond donors (Lipinski definition) is 1. The van der Waals surface area contributed by atoms with Crippen molar-refractivity contribution in [3.63, 3.8) is 0 Å². The van der Waals surface area contributed by atoms with Crippen LogP contribution in [0.4, 0.5) is 0 Å². The van der Waals surface area contributed by atoms with Crippen LogP contribution in [-0.2, 0) is 20.9 Å². The molecule has 128 valence electrons. The lowest BCUT2D eigenvalue weighted by Gasteiger charge is -2.17. The van der Waals surface area contributed by atoms with Crippen LogP contribution in [0.5, 0.6) is 0 Å². The maximum atomic E-state index is 11.9. The average molecular weight is 321 g/mol. The van der Waals surface area contributed by atoms with Gasteiger partial charge in [0.25, 0.3) is 5.91 Å². The first kappa shape index (κ1) is 19.2. The van der Waals surface area contributed by atoms with Gasteiger partial charge >= 0.3 is 5.97 Å². The number of amides is 1. The maximum Gasteiger partial charge on any atom is 0.338 e. The summed E-state index contributed by atoms with van der Waals surface area (Å²) < 4.78 is 10.5. The van der Waals surface area contributed by atoms with Crippen LogP contribution in [-0.4, -0.2) is 30.6 Å². The highest BCUT2D eigenvalue weighted by Gasteiger charge is 2.13. The van der Waals surface area contributed by atoms with Crippen molar-refractivity contribution in [3.05, 3.63) is 35.4 Å². The molecule has 1 aromatic rings. The zero-order valence-corrected chi connectivity index (χ0v) is 14.6. The van der Waals surface area contributed by atoms with E-state index in [9.17, 15) is 9.59 Å². The summed E-state index contributed by atoms with van der Waals surface area (Å²) in [4.78, 5) is 23.6. The summed E-state index contributed by atoms with van der Waals surface area (Å²) in [7, 11) is 0. The van der Waals surface area contributed by atoms with Gasteiger partial charge in [-0.05, 0) is 44.4 Å². The molecule has 1 N–H and O–H groups in total. The van der Waals surface area contributed by atoms with Gasteiger partial charge in [-0.1, -0.05) is 26.0 Å². The van der Waals surface area contributed by atoms with Gasteiger partial charge in [0, 0.05) is 6.04 Å². The van der Waals surface area contributed by atoms with Crippen LogP contribution in [0, 0.1) is 5.92 Å². The Morgan fingerprint density at radius 1 is 1.04 bits per heavy atom. The van der Waals surface area contributed by atoms with Gasteiger partial charge in [0.15, 0.2) is 6.61 Å². The number of esters is 1. The number of benzene rings is 1. The Hall–Kier alpha value is -1.88. The predicted molar refractivity (Wildman–Crippen MR) is 89.1 cm³/mol. The van der Waals surface area contributed by atoms with E-state index >= 15 is 0 Å². The number of rotatable bonds is 8. The zero-order valence-electron chi connectivity index (χ0n) is 14.6. The highest BCUT2D eigenvalue weighted by Crippen LogP contribution is 2.08. The first-order chi connectivity index (χ1) is 10.8. The number of carbonyl (C=O) groups excluding carboxylic acids is 2. The fourth-order valence-corrected chi connectivity index (χ4v) is 1.68. The van der Waals surface area contributed by atoms with E-state index < -0.39 is 5.97 Å². The molecule has 0 aromatic heterocycles. The Labute approximate surface area is 138 Å². The second-order valence-corrected chi connectivity index (χ2v) is 6.23. The maximum absolute atomic E-state index is 11.9. The van der Waals surface area contributed by atoms with Gasteiger partial charge in [-0.3, -0.25) is 4.79 Å². The molecule has 1 atom stereocenters. The predicted octanol–water partition coefficient (Wildman–Crippen LogP) is 2.93. The van der Waals surface area contributed by atoms with Crippen LogP contribution in [0.15, 0.2) is 24.3 Å². The lowest BCUT2D eigenvalue weighted by Crippen LogP contribution is -2.38. The van der Waals surface area contributed by atoms with Crippen molar-refractivity contribution in [2.45, 2.75) is 53.4 Å². The Bertz CT molecular complexity index is 508. The Kier molecular flexibility index (Phi) is 7.75. The summed E-state index contributed by atoms with van der Waals surface area (Å²) in [5, 5.41) is 2.79. The molecule has 0 bridgehead atoms. The third-order valence-corrected chi connectivity index (χ3v) is 3.50. The average Bonchev–Trinajstić information content (AvgIpc) is 2.50. The van der Waals surface area contributed by atoms with E-state index in [0.29, 0.717) is 18.1 Å². The van der Waals surface area contributed by atoms with E-state index in [4.69, 9.17) is 9.47 Å². The largest absolute Gasteiger partial charge is 0.452 e. The lowest BCUT2D eigenvalue weighted by atomic mass is 10.1. The second kappa shape index (κ2) is 9.30. The molecule has 0 aliphatic rings. The summed E-state index contributed by atoms with van der Waals surface area (Å²) in [5.74, 6) is -0.467. The standard InChI is InChI=1S/C18H27NO4/c1-12(2)14(5)19-17(20)11-23-18(21)16-8-6-15(7-9-16)10-22-13(3)4/h6-9,12-14H,10-11H2,1-5H3,(H,19,20)/t14-/m0/s1.